The van der Waals surface area contributed by atoms with Crippen LogP contribution in [0.5, 0.6) is 0 Å². The molecule has 1 heterocycles. The molecular formula is C24H21F2N3O2. The molecule has 3 aromatic carbocycles. The van der Waals surface area contributed by atoms with Crippen molar-refractivity contribution in [3.8, 4) is 0 Å². The van der Waals surface area contributed by atoms with Crippen molar-refractivity contribution in [2.75, 3.05) is 16.8 Å². The Balaban J connectivity index is 1.54. The fraction of sp³-hybridized carbons (Fsp3) is 0.167. The number of fused-ring (bicyclic) bond motifs is 1. The Morgan fingerprint density at radius 1 is 0.968 bits per heavy atom. The first-order valence-electron chi connectivity index (χ1n) is 9.97. The second-order valence-electron chi connectivity index (χ2n) is 7.33. The van der Waals surface area contributed by atoms with Crippen molar-refractivity contribution in [1.29, 1.82) is 0 Å². The SMILES string of the molecule is O=C(Nc1ccc(F)cc1F)NC(Cc1ccccc1)C(=O)N1CCc2ccccc21. The molecule has 1 atom stereocenters. The summed E-state index contributed by atoms with van der Waals surface area (Å²) in [7, 11) is 0. The molecule has 1 unspecified atom stereocenters. The number of benzene rings is 3. The topological polar surface area (TPSA) is 61.4 Å². The van der Waals surface area contributed by atoms with Crippen molar-refractivity contribution in [2.45, 2.75) is 18.9 Å². The number of para-hydroxylation sites is 1. The molecule has 7 heteroatoms. The number of anilines is 2. The van der Waals surface area contributed by atoms with Gasteiger partial charge in [-0.1, -0.05) is 48.5 Å². The summed E-state index contributed by atoms with van der Waals surface area (Å²) in [5.74, 6) is -1.88. The minimum atomic E-state index is -0.894. The van der Waals surface area contributed by atoms with Crippen molar-refractivity contribution in [3.05, 3.63) is 95.6 Å². The molecule has 0 aromatic heterocycles. The van der Waals surface area contributed by atoms with Gasteiger partial charge in [0.05, 0.1) is 5.69 Å². The van der Waals surface area contributed by atoms with Gasteiger partial charge in [0.25, 0.3) is 0 Å². The molecule has 4 rings (SSSR count). The Hall–Kier alpha value is -3.74. The molecule has 3 aromatic rings. The van der Waals surface area contributed by atoms with E-state index in [0.717, 1.165) is 35.4 Å². The normalized spacial score (nSPS) is 13.4. The molecule has 1 aliphatic rings. The second-order valence-corrected chi connectivity index (χ2v) is 7.33. The van der Waals surface area contributed by atoms with Gasteiger partial charge in [0, 0.05) is 24.7 Å². The Labute approximate surface area is 178 Å². The van der Waals surface area contributed by atoms with Crippen molar-refractivity contribution in [3.63, 3.8) is 0 Å². The molecule has 158 valence electrons. The van der Waals surface area contributed by atoms with E-state index in [-0.39, 0.29) is 18.0 Å². The predicted molar refractivity (Wildman–Crippen MR) is 115 cm³/mol. The molecule has 5 nitrogen and oxygen atoms in total. The Morgan fingerprint density at radius 3 is 2.48 bits per heavy atom. The molecule has 0 saturated carbocycles. The molecule has 3 amide bonds. The van der Waals surface area contributed by atoms with Crippen LogP contribution in [0.1, 0.15) is 11.1 Å². The van der Waals surface area contributed by atoms with Gasteiger partial charge in [-0.2, -0.15) is 0 Å². The van der Waals surface area contributed by atoms with E-state index in [9.17, 15) is 18.4 Å². The summed E-state index contributed by atoms with van der Waals surface area (Å²) >= 11 is 0. The van der Waals surface area contributed by atoms with E-state index in [0.29, 0.717) is 12.6 Å². The van der Waals surface area contributed by atoms with Gasteiger partial charge in [0.15, 0.2) is 0 Å². The van der Waals surface area contributed by atoms with Crippen LogP contribution in [0.4, 0.5) is 25.0 Å². The van der Waals surface area contributed by atoms with Gasteiger partial charge in [-0.05, 0) is 35.7 Å². The molecule has 31 heavy (non-hydrogen) atoms. The first-order chi connectivity index (χ1) is 15.0. The molecule has 0 saturated heterocycles. The average Bonchev–Trinajstić information content (AvgIpc) is 3.20. The van der Waals surface area contributed by atoms with E-state index in [1.807, 2.05) is 54.6 Å². The third kappa shape index (κ3) is 4.71. The maximum absolute atomic E-state index is 13.9. The van der Waals surface area contributed by atoms with Crippen LogP contribution < -0.4 is 15.5 Å². The standard InChI is InChI=1S/C24H21F2N3O2/c25-18-10-11-20(19(26)15-18)27-24(31)28-21(14-16-6-2-1-3-7-16)23(30)29-13-12-17-8-4-5-9-22(17)29/h1-11,15,21H,12-14H2,(H2,27,28,31). The number of urea groups is 1. The largest absolute Gasteiger partial charge is 0.326 e. The monoisotopic (exact) mass is 421 g/mol. The van der Waals surface area contributed by atoms with Gasteiger partial charge >= 0.3 is 6.03 Å². The zero-order valence-corrected chi connectivity index (χ0v) is 16.6. The van der Waals surface area contributed by atoms with E-state index in [2.05, 4.69) is 10.6 Å². The minimum Gasteiger partial charge on any atom is -0.326 e. The molecular weight excluding hydrogens is 400 g/mol. The number of hydrogen-bond donors (Lipinski definition) is 2. The average molecular weight is 421 g/mol. The maximum Gasteiger partial charge on any atom is 0.319 e. The lowest BCUT2D eigenvalue weighted by Crippen LogP contribution is -2.50. The molecule has 0 spiro atoms. The van der Waals surface area contributed by atoms with Gasteiger partial charge in [0.1, 0.15) is 17.7 Å². The fourth-order valence-corrected chi connectivity index (χ4v) is 3.71. The number of hydrogen-bond acceptors (Lipinski definition) is 2. The zero-order valence-electron chi connectivity index (χ0n) is 16.6. The van der Waals surface area contributed by atoms with E-state index in [4.69, 9.17) is 0 Å². The number of carbonyl (C=O) groups is 2. The lowest BCUT2D eigenvalue weighted by atomic mass is 10.0. The van der Waals surface area contributed by atoms with E-state index in [1.165, 1.54) is 0 Å². The van der Waals surface area contributed by atoms with E-state index in [1.54, 1.807) is 4.90 Å². The molecule has 1 aliphatic heterocycles. The lowest BCUT2D eigenvalue weighted by molar-refractivity contribution is -0.120. The van der Waals surface area contributed by atoms with Crippen LogP contribution in [0.2, 0.25) is 0 Å². The first kappa shape index (κ1) is 20.5. The van der Waals surface area contributed by atoms with Crippen LogP contribution in [-0.4, -0.2) is 24.5 Å². The van der Waals surface area contributed by atoms with Crippen LogP contribution in [0.15, 0.2) is 72.8 Å². The number of nitrogens with one attached hydrogen (secondary N) is 2. The molecule has 2 N–H and O–H groups in total. The summed E-state index contributed by atoms with van der Waals surface area (Å²) in [4.78, 5) is 27.6. The predicted octanol–water partition coefficient (Wildman–Crippen LogP) is 4.29. The Morgan fingerprint density at radius 2 is 1.71 bits per heavy atom. The van der Waals surface area contributed by atoms with Gasteiger partial charge < -0.3 is 15.5 Å². The molecule has 0 radical (unpaired) electrons. The van der Waals surface area contributed by atoms with Crippen LogP contribution in [-0.2, 0) is 17.6 Å². The van der Waals surface area contributed by atoms with Crippen molar-refractivity contribution >= 4 is 23.3 Å². The summed E-state index contributed by atoms with van der Waals surface area (Å²) in [6.45, 7) is 0.527. The summed E-state index contributed by atoms with van der Waals surface area (Å²) in [5, 5.41) is 5.02. The highest BCUT2D eigenvalue weighted by Crippen LogP contribution is 2.28. The Bertz CT molecular complexity index is 1100. The van der Waals surface area contributed by atoms with Gasteiger partial charge in [-0.25, -0.2) is 13.6 Å². The third-order valence-corrected chi connectivity index (χ3v) is 5.22. The number of carbonyl (C=O) groups excluding carboxylic acids is 2. The first-order valence-corrected chi connectivity index (χ1v) is 9.97. The van der Waals surface area contributed by atoms with Crippen LogP contribution in [0.3, 0.4) is 0 Å². The highest BCUT2D eigenvalue weighted by atomic mass is 19.1. The van der Waals surface area contributed by atoms with Crippen molar-refractivity contribution < 1.29 is 18.4 Å². The Kier molecular flexibility index (Phi) is 5.93. The summed E-state index contributed by atoms with van der Waals surface area (Å²) in [6, 6.07) is 18.2. The van der Waals surface area contributed by atoms with Crippen LogP contribution in [0.25, 0.3) is 0 Å². The molecule has 0 fully saturated rings. The highest BCUT2D eigenvalue weighted by molar-refractivity contribution is 6.02. The summed E-state index contributed by atoms with van der Waals surface area (Å²) < 4.78 is 27.0. The quantitative estimate of drug-likeness (QED) is 0.646. The van der Waals surface area contributed by atoms with E-state index >= 15 is 0 Å². The number of amides is 3. The second kappa shape index (κ2) is 8.95. The number of halogens is 2. The fourth-order valence-electron chi connectivity index (χ4n) is 3.71. The van der Waals surface area contributed by atoms with Crippen LogP contribution >= 0.6 is 0 Å². The summed E-state index contributed by atoms with van der Waals surface area (Å²) in [5.41, 5.74) is 2.61. The van der Waals surface area contributed by atoms with Crippen molar-refractivity contribution in [1.82, 2.24) is 5.32 Å². The minimum absolute atomic E-state index is 0.170. The van der Waals surface area contributed by atoms with Crippen molar-refractivity contribution in [2.24, 2.45) is 0 Å². The summed E-state index contributed by atoms with van der Waals surface area (Å²) in [6.07, 6.45) is 1.02. The van der Waals surface area contributed by atoms with E-state index < -0.39 is 23.7 Å². The third-order valence-electron chi connectivity index (χ3n) is 5.22. The lowest BCUT2D eigenvalue weighted by Gasteiger charge is -2.25. The number of nitrogens with zero attached hydrogens (tertiary/aromatic N) is 1. The van der Waals surface area contributed by atoms with Gasteiger partial charge in [0.2, 0.25) is 5.91 Å². The van der Waals surface area contributed by atoms with Gasteiger partial charge in [-0.3, -0.25) is 4.79 Å². The van der Waals surface area contributed by atoms with Crippen LogP contribution in [0, 0.1) is 11.6 Å². The maximum atomic E-state index is 13.9. The molecule has 0 aliphatic carbocycles. The van der Waals surface area contributed by atoms with Gasteiger partial charge in [-0.15, -0.1) is 0 Å². The molecule has 0 bridgehead atoms. The zero-order chi connectivity index (χ0) is 21.8. The smallest absolute Gasteiger partial charge is 0.319 e. The highest BCUT2D eigenvalue weighted by Gasteiger charge is 2.31. The number of rotatable bonds is 5.